The van der Waals surface area contributed by atoms with Gasteiger partial charge in [-0.05, 0) is 43.5 Å². The molecule has 0 bridgehead atoms. The van der Waals surface area contributed by atoms with Crippen molar-refractivity contribution in [2.45, 2.75) is 32.3 Å². The lowest BCUT2D eigenvalue weighted by Crippen LogP contribution is -1.95. The molecule has 5 rings (SSSR count). The second-order valence-electron chi connectivity index (χ2n) is 7.04. The van der Waals surface area contributed by atoms with Crippen LogP contribution >= 0.6 is 11.3 Å². The van der Waals surface area contributed by atoms with Crippen LogP contribution in [0.5, 0.6) is 5.75 Å². The summed E-state index contributed by atoms with van der Waals surface area (Å²) in [4.78, 5) is 9.26. The second-order valence-corrected chi connectivity index (χ2v) is 7.93. The van der Waals surface area contributed by atoms with Gasteiger partial charge < -0.3 is 9.26 Å². The molecular weight excluding hydrogens is 370 g/mol. The lowest BCUT2D eigenvalue weighted by molar-refractivity contribution is 0.243. The Morgan fingerprint density at radius 3 is 2.79 bits per heavy atom. The Morgan fingerprint density at radius 1 is 1.07 bits per heavy atom. The molecule has 1 aliphatic rings. The first-order valence-corrected chi connectivity index (χ1v) is 10.2. The maximum Gasteiger partial charge on any atom is 0.264 e. The van der Waals surface area contributed by atoms with Crippen molar-refractivity contribution in [1.82, 2.24) is 15.1 Å². The molecule has 0 radical (unpaired) electrons. The molecule has 0 saturated heterocycles. The Morgan fingerprint density at radius 2 is 1.93 bits per heavy atom. The van der Waals surface area contributed by atoms with E-state index in [0.717, 1.165) is 28.1 Å². The van der Waals surface area contributed by atoms with Gasteiger partial charge in [0.05, 0.1) is 10.7 Å². The van der Waals surface area contributed by atoms with E-state index in [-0.39, 0.29) is 6.61 Å². The van der Waals surface area contributed by atoms with Crippen molar-refractivity contribution in [3.63, 3.8) is 0 Å². The Hall–Kier alpha value is -2.99. The number of benzene rings is 2. The Labute approximate surface area is 167 Å². The Bertz CT molecular complexity index is 1110. The van der Waals surface area contributed by atoms with Gasteiger partial charge in [0.1, 0.15) is 5.75 Å². The van der Waals surface area contributed by atoms with Crippen molar-refractivity contribution >= 4 is 11.3 Å². The van der Waals surface area contributed by atoms with Crippen molar-refractivity contribution in [2.24, 2.45) is 0 Å². The zero-order chi connectivity index (χ0) is 18.9. The predicted octanol–water partition coefficient (Wildman–Crippen LogP) is 5.62. The third-order valence-corrected chi connectivity index (χ3v) is 5.69. The van der Waals surface area contributed by atoms with Crippen LogP contribution in [0.25, 0.3) is 22.6 Å². The molecule has 28 heavy (non-hydrogen) atoms. The minimum atomic E-state index is 0.243. The fourth-order valence-corrected chi connectivity index (χ4v) is 4.04. The van der Waals surface area contributed by atoms with Gasteiger partial charge in [-0.25, -0.2) is 4.98 Å². The Kier molecular flexibility index (Phi) is 4.41. The lowest BCUT2D eigenvalue weighted by atomic mass is 10.1. The molecule has 0 N–H and O–H groups in total. The van der Waals surface area contributed by atoms with E-state index < -0.39 is 0 Å². The van der Waals surface area contributed by atoms with E-state index >= 15 is 0 Å². The zero-order valence-electron chi connectivity index (χ0n) is 15.5. The second kappa shape index (κ2) is 7.20. The van der Waals surface area contributed by atoms with Crippen molar-refractivity contribution in [2.75, 3.05) is 0 Å². The van der Waals surface area contributed by atoms with Gasteiger partial charge in [-0.1, -0.05) is 35.5 Å². The molecule has 4 aromatic rings. The average Bonchev–Trinajstić information content (AvgIpc) is 3.26. The highest BCUT2D eigenvalue weighted by molar-refractivity contribution is 7.10. The third-order valence-electron chi connectivity index (χ3n) is 4.69. The molecule has 1 saturated carbocycles. The van der Waals surface area contributed by atoms with Crippen LogP contribution in [0.15, 0.2) is 58.4 Å². The number of aromatic nitrogens is 3. The number of nitrogens with zero attached hydrogens (tertiary/aromatic N) is 3. The van der Waals surface area contributed by atoms with Gasteiger partial charge in [0, 0.05) is 22.4 Å². The number of thiazole rings is 1. The minimum absolute atomic E-state index is 0.243. The van der Waals surface area contributed by atoms with E-state index in [2.05, 4.69) is 27.7 Å². The third kappa shape index (κ3) is 3.68. The van der Waals surface area contributed by atoms with Crippen molar-refractivity contribution in [3.8, 4) is 28.4 Å². The maximum atomic E-state index is 5.74. The molecule has 1 aliphatic carbocycles. The summed E-state index contributed by atoms with van der Waals surface area (Å²) >= 11 is 1.75. The highest BCUT2D eigenvalue weighted by Crippen LogP contribution is 2.42. The van der Waals surface area contributed by atoms with Crippen LogP contribution in [0, 0.1) is 6.92 Å². The summed E-state index contributed by atoms with van der Waals surface area (Å²) in [6.07, 6.45) is 2.53. The molecule has 0 atom stereocenters. The topological polar surface area (TPSA) is 61.0 Å². The van der Waals surface area contributed by atoms with Crippen LogP contribution in [0.3, 0.4) is 0 Å². The number of aryl methyl sites for hydroxylation is 1. The van der Waals surface area contributed by atoms with Crippen molar-refractivity contribution < 1.29 is 9.26 Å². The quantitative estimate of drug-likeness (QED) is 0.428. The highest BCUT2D eigenvalue weighted by atomic mass is 32.1. The molecule has 0 unspecified atom stereocenters. The lowest BCUT2D eigenvalue weighted by Gasteiger charge is -2.03. The minimum Gasteiger partial charge on any atom is -0.484 e. The molecule has 5 nitrogen and oxygen atoms in total. The van der Waals surface area contributed by atoms with E-state index in [1.54, 1.807) is 11.3 Å². The smallest absolute Gasteiger partial charge is 0.264 e. The van der Waals surface area contributed by atoms with Crippen LogP contribution in [0.4, 0.5) is 0 Å². The molecule has 2 aromatic heterocycles. The van der Waals surface area contributed by atoms with Crippen molar-refractivity contribution in [3.05, 3.63) is 70.4 Å². The summed E-state index contributed by atoms with van der Waals surface area (Å²) in [5.41, 5.74) is 4.14. The van der Waals surface area contributed by atoms with E-state index in [0.29, 0.717) is 17.6 Å². The normalized spacial score (nSPS) is 13.6. The van der Waals surface area contributed by atoms with E-state index in [1.165, 1.54) is 17.8 Å². The van der Waals surface area contributed by atoms with Gasteiger partial charge in [0.2, 0.25) is 5.82 Å². The number of ether oxygens (including phenoxy) is 1. The molecule has 140 valence electrons. The first-order valence-electron chi connectivity index (χ1n) is 9.33. The van der Waals surface area contributed by atoms with E-state index in [9.17, 15) is 0 Å². The largest absolute Gasteiger partial charge is 0.484 e. The molecule has 0 spiro atoms. The van der Waals surface area contributed by atoms with E-state index in [1.807, 2.05) is 43.3 Å². The summed E-state index contributed by atoms with van der Waals surface area (Å²) < 4.78 is 11.1. The average molecular weight is 389 g/mol. The predicted molar refractivity (Wildman–Crippen MR) is 108 cm³/mol. The van der Waals surface area contributed by atoms with Crippen LogP contribution in [-0.2, 0) is 6.61 Å². The molecule has 6 heteroatoms. The summed E-state index contributed by atoms with van der Waals surface area (Å²) in [5.74, 6) is 2.47. The summed E-state index contributed by atoms with van der Waals surface area (Å²) in [6, 6.07) is 16.0. The van der Waals surface area contributed by atoms with Crippen LogP contribution < -0.4 is 4.74 Å². The number of hydrogen-bond donors (Lipinski definition) is 0. The Balaban J connectivity index is 1.32. The van der Waals surface area contributed by atoms with Crippen LogP contribution in [0.2, 0.25) is 0 Å². The van der Waals surface area contributed by atoms with Crippen molar-refractivity contribution in [1.29, 1.82) is 0 Å². The molecule has 0 amide bonds. The SMILES string of the molecule is Cc1cccc(OCc2nc(-c3cccc(-c4csc(C5CC5)n4)c3)no2)c1. The molecular formula is C22H19N3O2S. The zero-order valence-corrected chi connectivity index (χ0v) is 16.3. The summed E-state index contributed by atoms with van der Waals surface area (Å²) in [6.45, 7) is 2.27. The summed E-state index contributed by atoms with van der Waals surface area (Å²) in [5, 5.41) is 7.49. The van der Waals surface area contributed by atoms with E-state index in [4.69, 9.17) is 14.2 Å². The molecule has 2 heterocycles. The van der Waals surface area contributed by atoms with Gasteiger partial charge in [0.15, 0.2) is 6.61 Å². The van der Waals surface area contributed by atoms with Gasteiger partial charge in [-0.15, -0.1) is 11.3 Å². The first-order chi connectivity index (χ1) is 13.7. The fourth-order valence-electron chi connectivity index (χ4n) is 3.04. The van der Waals surface area contributed by atoms with Gasteiger partial charge in [-0.2, -0.15) is 4.98 Å². The van der Waals surface area contributed by atoms with Crippen LogP contribution in [-0.4, -0.2) is 15.1 Å². The van der Waals surface area contributed by atoms with Gasteiger partial charge >= 0.3 is 0 Å². The number of rotatable bonds is 6. The van der Waals surface area contributed by atoms with Crippen LogP contribution in [0.1, 0.15) is 35.2 Å². The van der Waals surface area contributed by atoms with Gasteiger partial charge in [-0.3, -0.25) is 0 Å². The highest BCUT2D eigenvalue weighted by Gasteiger charge is 2.26. The number of hydrogen-bond acceptors (Lipinski definition) is 6. The maximum absolute atomic E-state index is 5.74. The fraction of sp³-hybridized carbons (Fsp3) is 0.227. The van der Waals surface area contributed by atoms with Gasteiger partial charge in [0.25, 0.3) is 5.89 Å². The molecule has 2 aromatic carbocycles. The standard InChI is InChI=1S/C22H19N3O2S/c1-14-4-2-7-18(10-14)26-12-20-24-21(25-27-20)17-6-3-5-16(11-17)19-13-28-22(23-19)15-8-9-15/h2-7,10-11,13,15H,8-9,12H2,1H3. The molecule has 1 fully saturated rings. The summed E-state index contributed by atoms with van der Waals surface area (Å²) in [7, 11) is 0. The first kappa shape index (κ1) is 17.1. The monoisotopic (exact) mass is 389 g/mol. The molecule has 0 aliphatic heterocycles.